The summed E-state index contributed by atoms with van der Waals surface area (Å²) < 4.78 is 0. The zero-order valence-electron chi connectivity index (χ0n) is 11.2. The van der Waals surface area contributed by atoms with E-state index in [1.165, 1.54) is 11.1 Å². The van der Waals surface area contributed by atoms with Crippen molar-refractivity contribution in [3.05, 3.63) is 35.4 Å². The SMILES string of the molecule is Cc1ccc(C2NCC(=O)N2C2CC2(C)C)cc1. The first-order valence-corrected chi connectivity index (χ1v) is 6.60. The highest BCUT2D eigenvalue weighted by Crippen LogP contribution is 2.51. The molecule has 1 heterocycles. The van der Waals surface area contributed by atoms with Crippen molar-refractivity contribution in [2.45, 2.75) is 39.4 Å². The van der Waals surface area contributed by atoms with Crippen LogP contribution in [0.5, 0.6) is 0 Å². The highest BCUT2D eigenvalue weighted by molar-refractivity contribution is 5.81. The number of nitrogens with zero attached hydrogens (tertiary/aromatic N) is 1. The minimum atomic E-state index is 0.0601. The summed E-state index contributed by atoms with van der Waals surface area (Å²) in [6.45, 7) is 7.01. The molecule has 18 heavy (non-hydrogen) atoms. The fourth-order valence-electron chi connectivity index (χ4n) is 2.81. The molecule has 2 fully saturated rings. The molecule has 3 rings (SSSR count). The van der Waals surface area contributed by atoms with Gasteiger partial charge in [0.1, 0.15) is 6.17 Å². The van der Waals surface area contributed by atoms with Crippen molar-refractivity contribution in [3.63, 3.8) is 0 Å². The molecule has 3 nitrogen and oxygen atoms in total. The zero-order chi connectivity index (χ0) is 12.9. The number of nitrogens with one attached hydrogen (secondary N) is 1. The van der Waals surface area contributed by atoms with Gasteiger partial charge >= 0.3 is 0 Å². The molecule has 1 aromatic carbocycles. The van der Waals surface area contributed by atoms with Crippen LogP contribution in [0.25, 0.3) is 0 Å². The molecule has 2 unspecified atom stereocenters. The third kappa shape index (κ3) is 1.83. The Hall–Kier alpha value is -1.35. The van der Waals surface area contributed by atoms with Crippen LogP contribution in [0.2, 0.25) is 0 Å². The second kappa shape index (κ2) is 3.82. The van der Waals surface area contributed by atoms with Crippen LogP contribution in [-0.2, 0) is 4.79 Å². The summed E-state index contributed by atoms with van der Waals surface area (Å²) in [4.78, 5) is 14.1. The maximum atomic E-state index is 12.1. The summed E-state index contributed by atoms with van der Waals surface area (Å²) in [7, 11) is 0. The third-order valence-electron chi connectivity index (χ3n) is 4.20. The Morgan fingerprint density at radius 1 is 1.28 bits per heavy atom. The maximum Gasteiger partial charge on any atom is 0.238 e. The lowest BCUT2D eigenvalue weighted by Gasteiger charge is -2.26. The van der Waals surface area contributed by atoms with E-state index in [4.69, 9.17) is 0 Å². The molecule has 1 saturated carbocycles. The number of carbonyl (C=O) groups is 1. The van der Waals surface area contributed by atoms with Gasteiger partial charge in [-0.05, 0) is 24.3 Å². The molecule has 1 saturated heterocycles. The van der Waals surface area contributed by atoms with Gasteiger partial charge in [0, 0.05) is 6.04 Å². The molecule has 2 atom stereocenters. The van der Waals surface area contributed by atoms with Crippen LogP contribution in [0.15, 0.2) is 24.3 Å². The number of amides is 1. The summed E-state index contributed by atoms with van der Waals surface area (Å²) in [6, 6.07) is 8.85. The molecular weight excluding hydrogens is 224 g/mol. The molecule has 96 valence electrons. The molecule has 1 aliphatic heterocycles. The molecule has 0 radical (unpaired) electrons. The smallest absolute Gasteiger partial charge is 0.238 e. The van der Waals surface area contributed by atoms with E-state index in [0.29, 0.717) is 12.6 Å². The molecule has 1 aromatic rings. The summed E-state index contributed by atoms with van der Waals surface area (Å²) in [5.74, 6) is 0.233. The van der Waals surface area contributed by atoms with E-state index in [2.05, 4.69) is 50.4 Å². The molecule has 2 aliphatic rings. The van der Waals surface area contributed by atoms with Crippen molar-refractivity contribution in [3.8, 4) is 0 Å². The fourth-order valence-corrected chi connectivity index (χ4v) is 2.81. The van der Waals surface area contributed by atoms with Gasteiger partial charge in [0.25, 0.3) is 0 Å². The lowest BCUT2D eigenvalue weighted by atomic mass is 10.1. The molecule has 0 aromatic heterocycles. The molecule has 1 amide bonds. The van der Waals surface area contributed by atoms with Gasteiger partial charge in [-0.2, -0.15) is 0 Å². The minimum absolute atomic E-state index is 0.0601. The molecule has 0 spiro atoms. The van der Waals surface area contributed by atoms with Gasteiger partial charge in [-0.3, -0.25) is 10.1 Å². The molecule has 3 heteroatoms. The van der Waals surface area contributed by atoms with Gasteiger partial charge in [0.05, 0.1) is 6.54 Å². The van der Waals surface area contributed by atoms with Crippen molar-refractivity contribution < 1.29 is 4.79 Å². The average molecular weight is 244 g/mol. The van der Waals surface area contributed by atoms with Crippen molar-refractivity contribution >= 4 is 5.91 Å². The monoisotopic (exact) mass is 244 g/mol. The van der Waals surface area contributed by atoms with Crippen LogP contribution in [0, 0.1) is 12.3 Å². The van der Waals surface area contributed by atoms with Crippen LogP contribution < -0.4 is 5.32 Å². The van der Waals surface area contributed by atoms with Crippen LogP contribution in [0.1, 0.15) is 37.6 Å². The van der Waals surface area contributed by atoms with E-state index in [1.807, 2.05) is 4.90 Å². The number of hydrogen-bond acceptors (Lipinski definition) is 2. The van der Waals surface area contributed by atoms with E-state index in [0.717, 1.165) is 6.42 Å². The lowest BCUT2D eigenvalue weighted by molar-refractivity contribution is -0.129. The quantitative estimate of drug-likeness (QED) is 0.865. The Morgan fingerprint density at radius 2 is 1.89 bits per heavy atom. The van der Waals surface area contributed by atoms with Crippen molar-refractivity contribution in [2.24, 2.45) is 5.41 Å². The van der Waals surface area contributed by atoms with Gasteiger partial charge < -0.3 is 4.90 Å². The van der Waals surface area contributed by atoms with Crippen LogP contribution in [0.4, 0.5) is 0 Å². The number of carbonyl (C=O) groups excluding carboxylic acids is 1. The first-order valence-electron chi connectivity index (χ1n) is 6.60. The Balaban J connectivity index is 1.87. The predicted octanol–water partition coefficient (Wildman–Crippen LogP) is 2.22. The van der Waals surface area contributed by atoms with Gasteiger partial charge in [-0.25, -0.2) is 0 Å². The van der Waals surface area contributed by atoms with Gasteiger partial charge in [0.2, 0.25) is 5.91 Å². The number of aryl methyl sites for hydroxylation is 1. The summed E-state index contributed by atoms with van der Waals surface area (Å²) in [5.41, 5.74) is 2.72. The van der Waals surface area contributed by atoms with Crippen LogP contribution >= 0.6 is 0 Å². The highest BCUT2D eigenvalue weighted by Gasteiger charge is 2.54. The summed E-state index contributed by atoms with van der Waals surface area (Å²) >= 11 is 0. The van der Waals surface area contributed by atoms with E-state index in [1.54, 1.807) is 0 Å². The molecular formula is C15H20N2O. The Bertz CT molecular complexity index is 478. The van der Waals surface area contributed by atoms with Crippen molar-refractivity contribution in [1.82, 2.24) is 10.2 Å². The normalized spacial score (nSPS) is 29.7. The minimum Gasteiger partial charge on any atom is -0.318 e. The Kier molecular flexibility index (Phi) is 2.49. The summed E-state index contributed by atoms with van der Waals surface area (Å²) in [5, 5.41) is 3.33. The van der Waals surface area contributed by atoms with Gasteiger partial charge in [-0.1, -0.05) is 43.7 Å². The molecule has 1 aliphatic carbocycles. The average Bonchev–Trinajstić information content (AvgIpc) is 2.77. The van der Waals surface area contributed by atoms with Crippen molar-refractivity contribution in [1.29, 1.82) is 0 Å². The largest absolute Gasteiger partial charge is 0.318 e. The van der Waals surface area contributed by atoms with Crippen LogP contribution in [-0.4, -0.2) is 23.4 Å². The van der Waals surface area contributed by atoms with E-state index >= 15 is 0 Å². The topological polar surface area (TPSA) is 32.3 Å². The predicted molar refractivity (Wildman–Crippen MR) is 71.0 cm³/mol. The van der Waals surface area contributed by atoms with E-state index < -0.39 is 0 Å². The van der Waals surface area contributed by atoms with E-state index in [-0.39, 0.29) is 17.5 Å². The standard InChI is InChI=1S/C15H20N2O/c1-10-4-6-11(7-5-10)14-16-9-13(18)17(14)12-8-15(12,2)3/h4-7,12,14,16H,8-9H2,1-3H3. The molecule has 0 bridgehead atoms. The third-order valence-corrected chi connectivity index (χ3v) is 4.20. The maximum absolute atomic E-state index is 12.1. The lowest BCUT2D eigenvalue weighted by Crippen LogP contribution is -2.34. The highest BCUT2D eigenvalue weighted by atomic mass is 16.2. The fraction of sp³-hybridized carbons (Fsp3) is 0.533. The van der Waals surface area contributed by atoms with Gasteiger partial charge in [0.15, 0.2) is 0 Å². The summed E-state index contributed by atoms with van der Waals surface area (Å²) in [6.07, 6.45) is 1.17. The van der Waals surface area contributed by atoms with E-state index in [9.17, 15) is 4.79 Å². The Morgan fingerprint density at radius 3 is 2.44 bits per heavy atom. The second-order valence-electron chi connectivity index (χ2n) is 6.20. The Labute approximate surface area is 108 Å². The zero-order valence-corrected chi connectivity index (χ0v) is 11.2. The van der Waals surface area contributed by atoms with Crippen molar-refractivity contribution in [2.75, 3.05) is 6.54 Å². The van der Waals surface area contributed by atoms with Gasteiger partial charge in [-0.15, -0.1) is 0 Å². The number of benzene rings is 1. The first-order chi connectivity index (χ1) is 8.49. The molecule has 1 N–H and O–H groups in total. The second-order valence-corrected chi connectivity index (χ2v) is 6.20. The number of hydrogen-bond donors (Lipinski definition) is 1. The first kappa shape index (κ1) is 11.7. The van der Waals surface area contributed by atoms with Crippen LogP contribution in [0.3, 0.4) is 0 Å². The number of rotatable bonds is 2.